The zero-order valence-electron chi connectivity index (χ0n) is 13.3. The van der Waals surface area contributed by atoms with E-state index in [4.69, 9.17) is 0 Å². The lowest BCUT2D eigenvalue weighted by Gasteiger charge is -2.21. The minimum absolute atomic E-state index is 0.0697. The number of hydrogen-bond donors (Lipinski definition) is 1. The average Bonchev–Trinajstić information content (AvgIpc) is 2.90. The zero-order chi connectivity index (χ0) is 16.9. The Hall–Kier alpha value is -1.98. The highest BCUT2D eigenvalue weighted by Crippen LogP contribution is 2.19. The van der Waals surface area contributed by atoms with E-state index in [2.05, 4.69) is 21.2 Å². The lowest BCUT2D eigenvalue weighted by Crippen LogP contribution is -2.35. The highest BCUT2D eigenvalue weighted by atomic mass is 79.9. The van der Waals surface area contributed by atoms with Crippen LogP contribution in [0.15, 0.2) is 53.0 Å². The van der Waals surface area contributed by atoms with Gasteiger partial charge in [-0.05, 0) is 43.3 Å². The van der Waals surface area contributed by atoms with Gasteiger partial charge in [-0.15, -0.1) is 0 Å². The number of carbonyl (C=O) groups excluding carboxylic acids is 2. The molecule has 1 aliphatic heterocycles. The molecule has 2 aromatic rings. The van der Waals surface area contributed by atoms with Crippen LogP contribution in [0.4, 0.5) is 0 Å². The second-order valence-electron chi connectivity index (χ2n) is 5.78. The van der Waals surface area contributed by atoms with Crippen LogP contribution in [0.2, 0.25) is 0 Å². The molecule has 2 aromatic carbocycles. The van der Waals surface area contributed by atoms with Crippen LogP contribution in [0, 0.1) is 0 Å². The van der Waals surface area contributed by atoms with E-state index in [1.807, 2.05) is 23.1 Å². The molecular weight excluding hydrogens is 368 g/mol. The molecule has 24 heavy (non-hydrogen) atoms. The molecular formula is C19H19BrN2O2. The Morgan fingerprint density at radius 2 is 1.62 bits per heavy atom. The zero-order valence-corrected chi connectivity index (χ0v) is 14.9. The standard InChI is InChI=1S/C19H19BrN2O2/c20-15-8-6-14(7-9-15)18(23)16-4-1-2-5-17(16)19(24)22-12-3-10-21-11-13-22/h1-2,4-9,21H,3,10-13H2. The third-order valence-electron chi connectivity index (χ3n) is 4.14. The summed E-state index contributed by atoms with van der Waals surface area (Å²) in [5.74, 6) is -0.195. The molecule has 0 unspecified atom stereocenters. The van der Waals surface area contributed by atoms with Crippen LogP contribution < -0.4 is 5.32 Å². The topological polar surface area (TPSA) is 49.4 Å². The fraction of sp³-hybridized carbons (Fsp3) is 0.263. The van der Waals surface area contributed by atoms with E-state index in [1.54, 1.807) is 30.3 Å². The molecule has 1 amide bonds. The van der Waals surface area contributed by atoms with Crippen molar-refractivity contribution < 1.29 is 9.59 Å². The molecule has 124 valence electrons. The monoisotopic (exact) mass is 386 g/mol. The van der Waals surface area contributed by atoms with Gasteiger partial charge in [-0.3, -0.25) is 9.59 Å². The predicted octanol–water partition coefficient (Wildman–Crippen LogP) is 3.12. The molecule has 0 radical (unpaired) electrons. The molecule has 0 aliphatic carbocycles. The molecule has 0 aromatic heterocycles. The van der Waals surface area contributed by atoms with Gasteiger partial charge in [0.1, 0.15) is 0 Å². The van der Waals surface area contributed by atoms with Crippen LogP contribution in [0.25, 0.3) is 0 Å². The van der Waals surface area contributed by atoms with Gasteiger partial charge in [0.2, 0.25) is 0 Å². The first-order valence-corrected chi connectivity index (χ1v) is 8.85. The van der Waals surface area contributed by atoms with Crippen LogP contribution in [-0.4, -0.2) is 42.8 Å². The summed E-state index contributed by atoms with van der Waals surface area (Å²) in [6, 6.07) is 14.3. The molecule has 5 heteroatoms. The molecule has 0 atom stereocenters. The summed E-state index contributed by atoms with van der Waals surface area (Å²) in [5, 5.41) is 3.29. The van der Waals surface area contributed by atoms with Gasteiger partial charge in [0, 0.05) is 35.2 Å². The third-order valence-corrected chi connectivity index (χ3v) is 4.66. The minimum Gasteiger partial charge on any atom is -0.337 e. The van der Waals surface area contributed by atoms with Crippen molar-refractivity contribution in [2.45, 2.75) is 6.42 Å². The van der Waals surface area contributed by atoms with Crippen molar-refractivity contribution in [3.63, 3.8) is 0 Å². The van der Waals surface area contributed by atoms with Gasteiger partial charge in [0.05, 0.1) is 5.56 Å². The van der Waals surface area contributed by atoms with E-state index >= 15 is 0 Å². The molecule has 0 spiro atoms. The fourth-order valence-electron chi connectivity index (χ4n) is 2.84. The van der Waals surface area contributed by atoms with E-state index in [-0.39, 0.29) is 11.7 Å². The predicted molar refractivity (Wildman–Crippen MR) is 97.4 cm³/mol. The number of hydrogen-bond acceptors (Lipinski definition) is 3. The Balaban J connectivity index is 1.91. The van der Waals surface area contributed by atoms with Crippen molar-refractivity contribution in [2.75, 3.05) is 26.2 Å². The highest BCUT2D eigenvalue weighted by Gasteiger charge is 2.22. The van der Waals surface area contributed by atoms with E-state index in [9.17, 15) is 9.59 Å². The lowest BCUT2D eigenvalue weighted by molar-refractivity contribution is 0.0762. The highest BCUT2D eigenvalue weighted by molar-refractivity contribution is 9.10. The van der Waals surface area contributed by atoms with Crippen molar-refractivity contribution in [1.82, 2.24) is 10.2 Å². The van der Waals surface area contributed by atoms with Gasteiger partial charge in [0.25, 0.3) is 5.91 Å². The molecule has 1 fully saturated rings. The Labute approximate surface area is 150 Å². The fourth-order valence-corrected chi connectivity index (χ4v) is 3.11. The number of nitrogens with zero attached hydrogens (tertiary/aromatic N) is 1. The number of amides is 1. The van der Waals surface area contributed by atoms with Crippen LogP contribution in [0.5, 0.6) is 0 Å². The van der Waals surface area contributed by atoms with E-state index in [1.165, 1.54) is 0 Å². The maximum Gasteiger partial charge on any atom is 0.254 e. The SMILES string of the molecule is O=C(c1ccc(Br)cc1)c1ccccc1C(=O)N1CCCNCC1. The molecule has 3 rings (SSSR count). The molecule has 4 nitrogen and oxygen atoms in total. The average molecular weight is 387 g/mol. The van der Waals surface area contributed by atoms with Gasteiger partial charge in [-0.2, -0.15) is 0 Å². The summed E-state index contributed by atoms with van der Waals surface area (Å²) < 4.78 is 0.917. The molecule has 1 N–H and O–H groups in total. The number of carbonyl (C=O) groups is 2. The second-order valence-corrected chi connectivity index (χ2v) is 6.69. The Morgan fingerprint density at radius 3 is 2.38 bits per heavy atom. The molecule has 0 saturated carbocycles. The first-order chi connectivity index (χ1) is 11.7. The van der Waals surface area contributed by atoms with Crippen molar-refractivity contribution in [2.24, 2.45) is 0 Å². The maximum atomic E-state index is 12.9. The Kier molecular flexibility index (Phi) is 5.43. The van der Waals surface area contributed by atoms with Gasteiger partial charge < -0.3 is 10.2 Å². The van der Waals surface area contributed by atoms with E-state index in [0.717, 1.165) is 24.0 Å². The quantitative estimate of drug-likeness (QED) is 0.824. The molecule has 0 bridgehead atoms. The summed E-state index contributed by atoms with van der Waals surface area (Å²) in [4.78, 5) is 27.6. The van der Waals surface area contributed by atoms with Crippen molar-refractivity contribution in [1.29, 1.82) is 0 Å². The van der Waals surface area contributed by atoms with Crippen molar-refractivity contribution in [3.8, 4) is 0 Å². The molecule has 1 aliphatic rings. The number of halogens is 1. The smallest absolute Gasteiger partial charge is 0.254 e. The Bertz CT molecular complexity index is 735. The summed E-state index contributed by atoms with van der Waals surface area (Å²) in [5.41, 5.74) is 1.52. The summed E-state index contributed by atoms with van der Waals surface area (Å²) in [6.45, 7) is 3.09. The largest absolute Gasteiger partial charge is 0.337 e. The summed E-state index contributed by atoms with van der Waals surface area (Å²) in [6.07, 6.45) is 0.925. The van der Waals surface area contributed by atoms with Crippen LogP contribution in [0.3, 0.4) is 0 Å². The van der Waals surface area contributed by atoms with Crippen molar-refractivity contribution in [3.05, 3.63) is 69.7 Å². The van der Waals surface area contributed by atoms with Gasteiger partial charge >= 0.3 is 0 Å². The Morgan fingerprint density at radius 1 is 0.917 bits per heavy atom. The van der Waals surface area contributed by atoms with Crippen molar-refractivity contribution >= 4 is 27.6 Å². The normalized spacial score (nSPS) is 15.0. The van der Waals surface area contributed by atoms with Crippen LogP contribution >= 0.6 is 15.9 Å². The number of nitrogens with one attached hydrogen (secondary N) is 1. The number of ketones is 1. The van der Waals surface area contributed by atoms with Gasteiger partial charge in [0.15, 0.2) is 5.78 Å². The number of benzene rings is 2. The lowest BCUT2D eigenvalue weighted by atomic mass is 9.97. The minimum atomic E-state index is -0.126. The van der Waals surface area contributed by atoms with Crippen LogP contribution in [0.1, 0.15) is 32.7 Å². The second kappa shape index (κ2) is 7.73. The van der Waals surface area contributed by atoms with E-state index in [0.29, 0.717) is 29.8 Å². The first-order valence-electron chi connectivity index (χ1n) is 8.06. The van der Waals surface area contributed by atoms with Gasteiger partial charge in [-0.25, -0.2) is 0 Å². The van der Waals surface area contributed by atoms with Gasteiger partial charge in [-0.1, -0.05) is 34.1 Å². The molecule has 1 saturated heterocycles. The molecule has 1 heterocycles. The summed E-state index contributed by atoms with van der Waals surface area (Å²) >= 11 is 3.37. The summed E-state index contributed by atoms with van der Waals surface area (Å²) in [7, 11) is 0. The first kappa shape index (κ1) is 16.9. The third kappa shape index (κ3) is 3.74. The van der Waals surface area contributed by atoms with E-state index < -0.39 is 0 Å². The van der Waals surface area contributed by atoms with Crippen LogP contribution in [-0.2, 0) is 0 Å². The maximum absolute atomic E-state index is 12.9. The number of rotatable bonds is 3.